The van der Waals surface area contributed by atoms with Crippen molar-refractivity contribution >= 4 is 0 Å². The number of allylic oxidation sites excluding steroid dienone is 2. The Morgan fingerprint density at radius 2 is 1.58 bits per heavy atom. The molecule has 0 aliphatic heterocycles. The highest BCUT2D eigenvalue weighted by atomic mass is 16.5. The standard InChI is InChI=1S/C18H36O/c1-5-9-11-12-13-15-18(19-8-4)16-17(7-3)14-10-6-2/h16-17H,5-15H2,1-4H3/b18-16-. The van der Waals surface area contributed by atoms with E-state index in [1.165, 1.54) is 63.5 Å². The van der Waals surface area contributed by atoms with E-state index in [1.54, 1.807) is 0 Å². The van der Waals surface area contributed by atoms with E-state index in [9.17, 15) is 0 Å². The summed E-state index contributed by atoms with van der Waals surface area (Å²) in [6.45, 7) is 9.74. The van der Waals surface area contributed by atoms with Gasteiger partial charge in [-0.3, -0.25) is 0 Å². The van der Waals surface area contributed by atoms with Crippen molar-refractivity contribution < 1.29 is 4.74 Å². The highest BCUT2D eigenvalue weighted by molar-refractivity contribution is 4.97. The summed E-state index contributed by atoms with van der Waals surface area (Å²) in [5.74, 6) is 1.97. The van der Waals surface area contributed by atoms with Crippen LogP contribution in [0.1, 0.15) is 91.9 Å². The van der Waals surface area contributed by atoms with Crippen molar-refractivity contribution in [1.29, 1.82) is 0 Å². The fourth-order valence-corrected chi connectivity index (χ4v) is 2.43. The molecular formula is C18H36O. The SMILES string of the molecule is CCCCCCC/C(=C/C(CC)CCCC)OCC. The van der Waals surface area contributed by atoms with Crippen molar-refractivity contribution in [1.82, 2.24) is 0 Å². The summed E-state index contributed by atoms with van der Waals surface area (Å²) in [4.78, 5) is 0. The Kier molecular flexibility index (Phi) is 13.6. The van der Waals surface area contributed by atoms with Gasteiger partial charge in [0.05, 0.1) is 12.4 Å². The van der Waals surface area contributed by atoms with E-state index in [-0.39, 0.29) is 0 Å². The number of rotatable bonds is 13. The first kappa shape index (κ1) is 18.5. The molecule has 0 saturated heterocycles. The molecular weight excluding hydrogens is 232 g/mol. The zero-order valence-corrected chi connectivity index (χ0v) is 13.8. The van der Waals surface area contributed by atoms with Crippen LogP contribution in [0.2, 0.25) is 0 Å². The lowest BCUT2D eigenvalue weighted by molar-refractivity contribution is 0.212. The summed E-state index contributed by atoms with van der Waals surface area (Å²) in [5.41, 5.74) is 0. The van der Waals surface area contributed by atoms with E-state index in [1.807, 2.05) is 0 Å². The molecule has 0 aromatic rings. The highest BCUT2D eigenvalue weighted by Gasteiger charge is 2.06. The first-order chi connectivity index (χ1) is 9.28. The van der Waals surface area contributed by atoms with Crippen LogP contribution in [0.4, 0.5) is 0 Å². The Bertz CT molecular complexity index is 208. The molecule has 0 spiro atoms. The molecule has 1 unspecified atom stereocenters. The third kappa shape index (κ3) is 11.1. The summed E-state index contributed by atoms with van der Waals surface area (Å²) in [6.07, 6.45) is 15.5. The van der Waals surface area contributed by atoms with Gasteiger partial charge in [0, 0.05) is 6.42 Å². The molecule has 19 heavy (non-hydrogen) atoms. The van der Waals surface area contributed by atoms with Crippen LogP contribution in [-0.2, 0) is 4.74 Å². The van der Waals surface area contributed by atoms with Gasteiger partial charge in [0.15, 0.2) is 0 Å². The van der Waals surface area contributed by atoms with Gasteiger partial charge in [0.1, 0.15) is 0 Å². The van der Waals surface area contributed by atoms with Crippen LogP contribution in [0.5, 0.6) is 0 Å². The average Bonchev–Trinajstić information content (AvgIpc) is 2.43. The average molecular weight is 268 g/mol. The quantitative estimate of drug-likeness (QED) is 0.274. The van der Waals surface area contributed by atoms with Crippen molar-refractivity contribution in [3.8, 4) is 0 Å². The van der Waals surface area contributed by atoms with Gasteiger partial charge in [-0.2, -0.15) is 0 Å². The largest absolute Gasteiger partial charge is 0.499 e. The number of unbranched alkanes of at least 4 members (excludes halogenated alkanes) is 5. The lowest BCUT2D eigenvalue weighted by Gasteiger charge is -2.14. The molecule has 114 valence electrons. The number of hydrogen-bond donors (Lipinski definition) is 0. The van der Waals surface area contributed by atoms with Gasteiger partial charge < -0.3 is 4.74 Å². The first-order valence-electron chi connectivity index (χ1n) is 8.61. The van der Waals surface area contributed by atoms with E-state index in [4.69, 9.17) is 4.74 Å². The van der Waals surface area contributed by atoms with Crippen LogP contribution in [0.3, 0.4) is 0 Å². The Balaban J connectivity index is 4.10. The molecule has 1 nitrogen and oxygen atoms in total. The summed E-state index contributed by atoms with van der Waals surface area (Å²) in [6, 6.07) is 0. The van der Waals surface area contributed by atoms with E-state index in [2.05, 4.69) is 33.8 Å². The lowest BCUT2D eigenvalue weighted by atomic mass is 9.97. The molecule has 0 saturated carbocycles. The molecule has 1 atom stereocenters. The summed E-state index contributed by atoms with van der Waals surface area (Å²) in [5, 5.41) is 0. The van der Waals surface area contributed by atoms with Gasteiger partial charge >= 0.3 is 0 Å². The van der Waals surface area contributed by atoms with E-state index in [0.717, 1.165) is 18.9 Å². The zero-order valence-electron chi connectivity index (χ0n) is 13.8. The van der Waals surface area contributed by atoms with Gasteiger partial charge in [-0.05, 0) is 38.2 Å². The molecule has 0 amide bonds. The van der Waals surface area contributed by atoms with Crippen molar-refractivity contribution in [2.24, 2.45) is 5.92 Å². The van der Waals surface area contributed by atoms with Gasteiger partial charge in [-0.25, -0.2) is 0 Å². The molecule has 0 N–H and O–H groups in total. The summed E-state index contributed by atoms with van der Waals surface area (Å²) >= 11 is 0. The van der Waals surface area contributed by atoms with Gasteiger partial charge in [-0.15, -0.1) is 0 Å². The van der Waals surface area contributed by atoms with Crippen molar-refractivity contribution in [2.75, 3.05) is 6.61 Å². The second-order valence-electron chi connectivity index (χ2n) is 5.54. The molecule has 0 fully saturated rings. The fraction of sp³-hybridized carbons (Fsp3) is 0.889. The van der Waals surface area contributed by atoms with Crippen LogP contribution < -0.4 is 0 Å². The number of ether oxygens (including phenoxy) is 1. The van der Waals surface area contributed by atoms with Crippen LogP contribution in [-0.4, -0.2) is 6.61 Å². The maximum Gasteiger partial charge on any atom is 0.0922 e. The highest BCUT2D eigenvalue weighted by Crippen LogP contribution is 2.20. The molecule has 0 aromatic carbocycles. The minimum absolute atomic E-state index is 0.720. The minimum atomic E-state index is 0.720. The van der Waals surface area contributed by atoms with Crippen molar-refractivity contribution in [2.45, 2.75) is 91.9 Å². The molecule has 0 heterocycles. The molecule has 0 aliphatic carbocycles. The summed E-state index contributed by atoms with van der Waals surface area (Å²) < 4.78 is 5.82. The Morgan fingerprint density at radius 3 is 2.16 bits per heavy atom. The monoisotopic (exact) mass is 268 g/mol. The normalized spacial score (nSPS) is 13.6. The zero-order chi connectivity index (χ0) is 14.3. The molecule has 0 radical (unpaired) electrons. The molecule has 0 aliphatic rings. The lowest BCUT2D eigenvalue weighted by Crippen LogP contribution is -2.00. The molecule has 0 rings (SSSR count). The smallest absolute Gasteiger partial charge is 0.0922 e. The maximum atomic E-state index is 5.82. The third-order valence-corrected chi connectivity index (χ3v) is 3.73. The van der Waals surface area contributed by atoms with Gasteiger partial charge in [0.2, 0.25) is 0 Å². The van der Waals surface area contributed by atoms with Crippen molar-refractivity contribution in [3.63, 3.8) is 0 Å². The topological polar surface area (TPSA) is 9.23 Å². The minimum Gasteiger partial charge on any atom is -0.499 e. The Hall–Kier alpha value is -0.460. The van der Waals surface area contributed by atoms with E-state index < -0.39 is 0 Å². The predicted octanol–water partition coefficient (Wildman–Crippen LogP) is 6.48. The van der Waals surface area contributed by atoms with E-state index in [0.29, 0.717) is 0 Å². The first-order valence-corrected chi connectivity index (χ1v) is 8.61. The van der Waals surface area contributed by atoms with Crippen LogP contribution in [0.15, 0.2) is 11.8 Å². The second-order valence-corrected chi connectivity index (χ2v) is 5.54. The van der Waals surface area contributed by atoms with Gasteiger partial charge in [-0.1, -0.05) is 59.3 Å². The molecule has 0 aromatic heterocycles. The van der Waals surface area contributed by atoms with Crippen molar-refractivity contribution in [3.05, 3.63) is 11.8 Å². The predicted molar refractivity (Wildman–Crippen MR) is 86.4 cm³/mol. The Morgan fingerprint density at radius 1 is 0.895 bits per heavy atom. The summed E-state index contributed by atoms with van der Waals surface area (Å²) in [7, 11) is 0. The number of hydrogen-bond acceptors (Lipinski definition) is 1. The molecule has 1 heteroatoms. The van der Waals surface area contributed by atoms with Crippen LogP contribution in [0.25, 0.3) is 0 Å². The van der Waals surface area contributed by atoms with Gasteiger partial charge in [0.25, 0.3) is 0 Å². The third-order valence-electron chi connectivity index (χ3n) is 3.73. The Labute approximate surface area is 121 Å². The fourth-order valence-electron chi connectivity index (χ4n) is 2.43. The van der Waals surface area contributed by atoms with Crippen LogP contribution >= 0.6 is 0 Å². The second kappa shape index (κ2) is 14.0. The molecule has 0 bridgehead atoms. The van der Waals surface area contributed by atoms with Crippen LogP contribution in [0, 0.1) is 5.92 Å². The maximum absolute atomic E-state index is 5.82. The van der Waals surface area contributed by atoms with E-state index >= 15 is 0 Å².